The molecule has 3 aromatic rings. The molecule has 1 saturated heterocycles. The lowest BCUT2D eigenvalue weighted by atomic mass is 9.99. The number of hydrogen-bond acceptors (Lipinski definition) is 5. The molecule has 120 valence electrons. The number of aromatic nitrogens is 5. The summed E-state index contributed by atoms with van der Waals surface area (Å²) in [5.74, 6) is 0.837. The van der Waals surface area contributed by atoms with Gasteiger partial charge in [0, 0.05) is 25.2 Å². The first-order chi connectivity index (χ1) is 11.2. The van der Waals surface area contributed by atoms with Gasteiger partial charge in [-0.3, -0.25) is 4.40 Å². The molecule has 0 saturated carbocycles. The van der Waals surface area contributed by atoms with E-state index in [2.05, 4.69) is 20.2 Å². The molecule has 1 aliphatic heterocycles. The molecule has 23 heavy (non-hydrogen) atoms. The van der Waals surface area contributed by atoms with E-state index in [4.69, 9.17) is 0 Å². The van der Waals surface area contributed by atoms with Crippen molar-refractivity contribution in [1.29, 1.82) is 0 Å². The van der Waals surface area contributed by atoms with Crippen LogP contribution >= 0.6 is 0 Å². The fourth-order valence-electron chi connectivity index (χ4n) is 3.03. The van der Waals surface area contributed by atoms with Crippen LogP contribution in [0.3, 0.4) is 0 Å². The van der Waals surface area contributed by atoms with Gasteiger partial charge >= 0.3 is 0 Å². The largest absolute Gasteiger partial charge is 0.335 e. The number of piperidine rings is 1. The van der Waals surface area contributed by atoms with E-state index in [1.165, 1.54) is 16.8 Å². The smallest absolute Gasteiger partial charge is 0.260 e. The summed E-state index contributed by atoms with van der Waals surface area (Å²) in [4.78, 5) is 6.49. The maximum absolute atomic E-state index is 12.6. The normalized spacial score (nSPS) is 20.1. The van der Waals surface area contributed by atoms with Crippen LogP contribution in [-0.2, 0) is 10.0 Å². The number of hydrogen-bond donors (Lipinski definition) is 1. The first kappa shape index (κ1) is 14.3. The number of sulfonamides is 1. The summed E-state index contributed by atoms with van der Waals surface area (Å²) in [6.07, 6.45) is 6.31. The van der Waals surface area contributed by atoms with Crippen LogP contribution in [0.5, 0.6) is 0 Å². The predicted octanol–water partition coefficient (Wildman–Crippen LogP) is 1.02. The highest BCUT2D eigenvalue weighted by Gasteiger charge is 2.33. The molecule has 0 spiro atoms. The van der Waals surface area contributed by atoms with Crippen LogP contribution in [0.25, 0.3) is 5.65 Å². The van der Waals surface area contributed by atoms with E-state index in [1.807, 2.05) is 28.8 Å². The lowest BCUT2D eigenvalue weighted by molar-refractivity contribution is 0.307. The monoisotopic (exact) mass is 332 g/mol. The minimum atomic E-state index is -3.54. The zero-order valence-electron chi connectivity index (χ0n) is 12.3. The van der Waals surface area contributed by atoms with Gasteiger partial charge in [-0.05, 0) is 25.0 Å². The quantitative estimate of drug-likeness (QED) is 0.772. The van der Waals surface area contributed by atoms with E-state index >= 15 is 0 Å². The van der Waals surface area contributed by atoms with Crippen LogP contribution in [0.1, 0.15) is 24.6 Å². The van der Waals surface area contributed by atoms with Gasteiger partial charge in [-0.15, -0.1) is 10.2 Å². The van der Waals surface area contributed by atoms with Gasteiger partial charge in [0.15, 0.2) is 10.7 Å². The Morgan fingerprint density at radius 2 is 2.17 bits per heavy atom. The average molecular weight is 332 g/mol. The van der Waals surface area contributed by atoms with Crippen LogP contribution in [0.2, 0.25) is 0 Å². The van der Waals surface area contributed by atoms with Gasteiger partial charge in [0.05, 0.1) is 12.5 Å². The minimum absolute atomic E-state index is 0.0267. The fraction of sp³-hybridized carbons (Fsp3) is 0.357. The summed E-state index contributed by atoms with van der Waals surface area (Å²) < 4.78 is 28.7. The average Bonchev–Trinajstić information content (AvgIpc) is 3.25. The van der Waals surface area contributed by atoms with Crippen molar-refractivity contribution in [1.82, 2.24) is 28.9 Å². The zero-order chi connectivity index (χ0) is 15.9. The molecular weight excluding hydrogens is 316 g/mol. The molecule has 0 aromatic carbocycles. The Bertz CT molecular complexity index is 918. The number of fused-ring (bicyclic) bond motifs is 1. The summed E-state index contributed by atoms with van der Waals surface area (Å²) in [5.41, 5.74) is 0.774. The second kappa shape index (κ2) is 5.43. The first-order valence-corrected chi connectivity index (χ1v) is 8.88. The second-order valence-corrected chi connectivity index (χ2v) is 7.51. The lowest BCUT2D eigenvalue weighted by Crippen LogP contribution is -2.39. The number of imidazole rings is 1. The molecular formula is C14H16N6O2S. The second-order valence-electron chi connectivity index (χ2n) is 5.61. The highest BCUT2D eigenvalue weighted by Crippen LogP contribution is 2.29. The van der Waals surface area contributed by atoms with Gasteiger partial charge in [0.25, 0.3) is 10.0 Å². The molecule has 4 rings (SSSR count). The van der Waals surface area contributed by atoms with E-state index in [9.17, 15) is 8.42 Å². The number of rotatable bonds is 3. The van der Waals surface area contributed by atoms with Crippen LogP contribution in [0.15, 0.2) is 41.9 Å². The molecule has 3 aromatic heterocycles. The minimum Gasteiger partial charge on any atom is -0.335 e. The van der Waals surface area contributed by atoms with Crippen molar-refractivity contribution in [3.63, 3.8) is 0 Å². The molecule has 1 N–H and O–H groups in total. The molecule has 0 unspecified atom stereocenters. The Balaban J connectivity index is 1.65. The number of nitrogens with zero attached hydrogens (tertiary/aromatic N) is 5. The highest BCUT2D eigenvalue weighted by atomic mass is 32.2. The fourth-order valence-corrected chi connectivity index (χ4v) is 4.45. The van der Waals surface area contributed by atoms with Gasteiger partial charge in [0.1, 0.15) is 5.82 Å². The van der Waals surface area contributed by atoms with Gasteiger partial charge in [-0.1, -0.05) is 6.07 Å². The highest BCUT2D eigenvalue weighted by molar-refractivity contribution is 7.89. The molecule has 0 bridgehead atoms. The Morgan fingerprint density at radius 3 is 3.00 bits per heavy atom. The van der Waals surface area contributed by atoms with Crippen molar-refractivity contribution in [3.8, 4) is 0 Å². The Morgan fingerprint density at radius 1 is 1.26 bits per heavy atom. The van der Waals surface area contributed by atoms with Crippen molar-refractivity contribution in [2.24, 2.45) is 0 Å². The Labute approximate surface area is 133 Å². The standard InChI is InChI=1S/C14H16N6O2S/c21-23(22,13-8-15-10-16-13)19-6-3-4-11(9-19)14-18-17-12-5-1-2-7-20(12)14/h1-2,5,7-8,10-11H,3-4,6,9H2,(H,15,16)/t11-/m0/s1. The molecule has 0 aliphatic carbocycles. The molecule has 4 heterocycles. The van der Waals surface area contributed by atoms with Crippen LogP contribution in [0.4, 0.5) is 0 Å². The topological polar surface area (TPSA) is 96.2 Å². The summed E-state index contributed by atoms with van der Waals surface area (Å²) in [6, 6.07) is 5.71. The third-order valence-electron chi connectivity index (χ3n) is 4.18. The zero-order valence-corrected chi connectivity index (χ0v) is 13.1. The number of H-pyrrole nitrogens is 1. The molecule has 1 aliphatic rings. The van der Waals surface area contributed by atoms with Crippen molar-refractivity contribution >= 4 is 15.7 Å². The molecule has 1 atom stereocenters. The third-order valence-corrected chi connectivity index (χ3v) is 5.97. The van der Waals surface area contributed by atoms with Gasteiger partial charge in [-0.25, -0.2) is 13.4 Å². The molecule has 1 fully saturated rings. The molecule has 0 amide bonds. The van der Waals surface area contributed by atoms with Crippen molar-refractivity contribution in [3.05, 3.63) is 42.7 Å². The first-order valence-electron chi connectivity index (χ1n) is 7.44. The Kier molecular flexibility index (Phi) is 3.38. The number of pyridine rings is 1. The van der Waals surface area contributed by atoms with Gasteiger partial charge in [0.2, 0.25) is 0 Å². The molecule has 9 heteroatoms. The summed E-state index contributed by atoms with van der Waals surface area (Å²) in [5, 5.41) is 8.56. The lowest BCUT2D eigenvalue weighted by Gasteiger charge is -2.30. The summed E-state index contributed by atoms with van der Waals surface area (Å²) in [7, 11) is -3.54. The van der Waals surface area contributed by atoms with Crippen LogP contribution in [0, 0.1) is 0 Å². The van der Waals surface area contributed by atoms with E-state index in [-0.39, 0.29) is 10.9 Å². The molecule has 0 radical (unpaired) electrons. The van der Waals surface area contributed by atoms with Crippen LogP contribution < -0.4 is 0 Å². The SMILES string of the molecule is O=S(=O)(c1cnc[nH]1)N1CCC[C@H](c2nnc3ccccn23)C1. The summed E-state index contributed by atoms with van der Waals surface area (Å²) >= 11 is 0. The van der Waals surface area contributed by atoms with Crippen LogP contribution in [-0.4, -0.2) is 50.4 Å². The number of aromatic amines is 1. The maximum atomic E-state index is 12.6. The number of nitrogens with one attached hydrogen (secondary N) is 1. The van der Waals surface area contributed by atoms with E-state index in [0.717, 1.165) is 24.3 Å². The van der Waals surface area contributed by atoms with Gasteiger partial charge in [-0.2, -0.15) is 4.31 Å². The van der Waals surface area contributed by atoms with E-state index in [1.54, 1.807) is 0 Å². The van der Waals surface area contributed by atoms with E-state index in [0.29, 0.717) is 13.1 Å². The summed E-state index contributed by atoms with van der Waals surface area (Å²) in [6.45, 7) is 0.908. The van der Waals surface area contributed by atoms with Crippen molar-refractivity contribution in [2.75, 3.05) is 13.1 Å². The van der Waals surface area contributed by atoms with Crippen molar-refractivity contribution in [2.45, 2.75) is 23.8 Å². The van der Waals surface area contributed by atoms with E-state index < -0.39 is 10.0 Å². The third kappa shape index (κ3) is 2.41. The van der Waals surface area contributed by atoms with Gasteiger partial charge < -0.3 is 4.98 Å². The predicted molar refractivity (Wildman–Crippen MR) is 82.3 cm³/mol. The molecule has 8 nitrogen and oxygen atoms in total. The Hall–Kier alpha value is -2.26. The maximum Gasteiger partial charge on any atom is 0.260 e. The van der Waals surface area contributed by atoms with Crippen molar-refractivity contribution < 1.29 is 8.42 Å².